The number of hydrogen-bond acceptors (Lipinski definition) is 2. The highest BCUT2D eigenvalue weighted by Crippen LogP contribution is 2.25. The lowest BCUT2D eigenvalue weighted by molar-refractivity contribution is 0.494. The van der Waals surface area contributed by atoms with Crippen molar-refractivity contribution in [2.24, 2.45) is 5.73 Å². The molecule has 0 aliphatic carbocycles. The van der Waals surface area contributed by atoms with Gasteiger partial charge in [-0.25, -0.2) is 8.78 Å². The van der Waals surface area contributed by atoms with E-state index < -0.39 is 11.6 Å². The molecule has 0 radical (unpaired) electrons. The Morgan fingerprint density at radius 3 is 2.44 bits per heavy atom. The van der Waals surface area contributed by atoms with E-state index in [-0.39, 0.29) is 23.8 Å². The minimum atomic E-state index is -0.838. The maximum absolute atomic E-state index is 13.7. The number of nitrogens with zero attached hydrogens (tertiary/aromatic N) is 1. The maximum atomic E-state index is 13.7. The Hall–Kier alpha value is -1.16. The van der Waals surface area contributed by atoms with Crippen molar-refractivity contribution in [2.75, 3.05) is 11.9 Å². The van der Waals surface area contributed by atoms with Gasteiger partial charge >= 0.3 is 0 Å². The lowest BCUT2D eigenvalue weighted by Crippen LogP contribution is -2.29. The van der Waals surface area contributed by atoms with Gasteiger partial charge in [-0.3, -0.25) is 0 Å². The highest BCUT2D eigenvalue weighted by atomic mass is 19.2. The van der Waals surface area contributed by atoms with E-state index >= 15 is 0 Å². The summed E-state index contributed by atoms with van der Waals surface area (Å²) < 4.78 is 27.2. The third-order valence-electron chi connectivity index (χ3n) is 2.99. The van der Waals surface area contributed by atoms with Crippen molar-refractivity contribution in [2.45, 2.75) is 32.9 Å². The van der Waals surface area contributed by atoms with E-state index in [2.05, 4.69) is 0 Å². The van der Waals surface area contributed by atoms with E-state index in [1.165, 1.54) is 6.07 Å². The Kier molecular flexibility index (Phi) is 4.24. The predicted octanol–water partition coefficient (Wildman–Crippen LogP) is 2.66. The zero-order valence-corrected chi connectivity index (χ0v) is 9.93. The number of halogens is 2. The Labute approximate surface area is 95.1 Å². The van der Waals surface area contributed by atoms with Crippen LogP contribution in [-0.2, 0) is 6.54 Å². The van der Waals surface area contributed by atoms with Gasteiger partial charge in [0.05, 0.1) is 5.69 Å². The Morgan fingerprint density at radius 2 is 1.94 bits per heavy atom. The molecule has 1 rings (SSSR count). The van der Waals surface area contributed by atoms with E-state index in [9.17, 15) is 8.78 Å². The van der Waals surface area contributed by atoms with Gasteiger partial charge in [-0.2, -0.15) is 0 Å². The summed E-state index contributed by atoms with van der Waals surface area (Å²) in [5, 5.41) is 0. The second kappa shape index (κ2) is 5.25. The molecule has 2 N–H and O–H groups in total. The Balaban J connectivity index is 3.11. The minimum Gasteiger partial charge on any atom is -0.369 e. The predicted molar refractivity (Wildman–Crippen MR) is 62.4 cm³/mol. The third kappa shape index (κ3) is 2.32. The Morgan fingerprint density at radius 1 is 1.31 bits per heavy atom. The van der Waals surface area contributed by atoms with E-state index in [0.29, 0.717) is 0 Å². The lowest BCUT2D eigenvalue weighted by Gasteiger charge is -2.26. The SMILES string of the molecule is CCC(C)N(C)c1ccc(CN)c(F)c1F. The summed E-state index contributed by atoms with van der Waals surface area (Å²) in [7, 11) is 1.76. The van der Waals surface area contributed by atoms with Crippen LogP contribution in [0.1, 0.15) is 25.8 Å². The molecule has 1 aromatic carbocycles. The van der Waals surface area contributed by atoms with E-state index in [4.69, 9.17) is 5.73 Å². The van der Waals surface area contributed by atoms with E-state index in [1.54, 1.807) is 18.0 Å². The van der Waals surface area contributed by atoms with Crippen LogP contribution < -0.4 is 10.6 Å². The van der Waals surface area contributed by atoms with Crippen molar-refractivity contribution in [1.82, 2.24) is 0 Å². The van der Waals surface area contributed by atoms with Crippen molar-refractivity contribution in [3.8, 4) is 0 Å². The summed E-state index contributed by atoms with van der Waals surface area (Å²) in [4.78, 5) is 1.73. The quantitative estimate of drug-likeness (QED) is 0.858. The summed E-state index contributed by atoms with van der Waals surface area (Å²) in [6, 6.07) is 3.27. The fraction of sp³-hybridized carbons (Fsp3) is 0.500. The fourth-order valence-corrected chi connectivity index (χ4v) is 1.52. The Bertz CT molecular complexity index is 366. The summed E-state index contributed by atoms with van der Waals surface area (Å²) in [6.45, 7) is 3.98. The molecule has 90 valence electrons. The van der Waals surface area contributed by atoms with Crippen LogP contribution in [0.3, 0.4) is 0 Å². The number of hydrogen-bond donors (Lipinski definition) is 1. The molecule has 16 heavy (non-hydrogen) atoms. The van der Waals surface area contributed by atoms with Crippen molar-refractivity contribution in [1.29, 1.82) is 0 Å². The van der Waals surface area contributed by atoms with Crippen LogP contribution in [0.2, 0.25) is 0 Å². The highest BCUT2D eigenvalue weighted by molar-refractivity contribution is 5.50. The molecule has 0 amide bonds. The van der Waals surface area contributed by atoms with Crippen molar-refractivity contribution < 1.29 is 8.78 Å². The van der Waals surface area contributed by atoms with Gasteiger partial charge < -0.3 is 10.6 Å². The molecular weight excluding hydrogens is 210 g/mol. The average Bonchev–Trinajstić information content (AvgIpc) is 2.30. The topological polar surface area (TPSA) is 29.3 Å². The number of nitrogens with two attached hydrogens (primary N) is 1. The van der Waals surface area contributed by atoms with Crippen LogP contribution in [0.25, 0.3) is 0 Å². The van der Waals surface area contributed by atoms with Gasteiger partial charge in [-0.05, 0) is 19.4 Å². The molecule has 0 aliphatic rings. The molecule has 0 saturated heterocycles. The van der Waals surface area contributed by atoms with E-state index in [1.807, 2.05) is 13.8 Å². The zero-order chi connectivity index (χ0) is 12.3. The molecule has 0 fully saturated rings. The van der Waals surface area contributed by atoms with Gasteiger partial charge in [-0.1, -0.05) is 13.0 Å². The van der Waals surface area contributed by atoms with Crippen molar-refractivity contribution in [3.05, 3.63) is 29.3 Å². The molecule has 4 heteroatoms. The first-order valence-corrected chi connectivity index (χ1v) is 5.42. The highest BCUT2D eigenvalue weighted by Gasteiger charge is 2.17. The number of anilines is 1. The second-order valence-electron chi connectivity index (χ2n) is 3.94. The van der Waals surface area contributed by atoms with Crippen molar-refractivity contribution in [3.63, 3.8) is 0 Å². The number of rotatable bonds is 4. The van der Waals surface area contributed by atoms with Gasteiger partial charge in [0.25, 0.3) is 0 Å². The molecule has 1 aromatic rings. The standard InChI is InChI=1S/C12H18F2N2/c1-4-8(2)16(3)10-6-5-9(7-15)11(13)12(10)14/h5-6,8H,4,7,15H2,1-3H3. The van der Waals surface area contributed by atoms with Gasteiger partial charge in [-0.15, -0.1) is 0 Å². The summed E-state index contributed by atoms with van der Waals surface area (Å²) in [5.41, 5.74) is 5.80. The van der Waals surface area contributed by atoms with E-state index in [0.717, 1.165) is 6.42 Å². The van der Waals surface area contributed by atoms with Crippen LogP contribution in [0.15, 0.2) is 12.1 Å². The monoisotopic (exact) mass is 228 g/mol. The molecule has 0 aliphatic heterocycles. The molecule has 0 spiro atoms. The van der Waals surface area contributed by atoms with Gasteiger partial charge in [0.15, 0.2) is 11.6 Å². The van der Waals surface area contributed by atoms with Gasteiger partial charge in [0.2, 0.25) is 0 Å². The van der Waals surface area contributed by atoms with Crippen LogP contribution in [0, 0.1) is 11.6 Å². The van der Waals surface area contributed by atoms with Crippen molar-refractivity contribution >= 4 is 5.69 Å². The molecule has 0 saturated carbocycles. The first kappa shape index (κ1) is 12.9. The molecule has 0 aromatic heterocycles. The molecule has 1 unspecified atom stereocenters. The smallest absolute Gasteiger partial charge is 0.182 e. The summed E-state index contributed by atoms with van der Waals surface area (Å²) >= 11 is 0. The van der Waals surface area contributed by atoms with Gasteiger partial charge in [0, 0.05) is 25.2 Å². The summed E-state index contributed by atoms with van der Waals surface area (Å²) in [6.07, 6.45) is 0.871. The third-order valence-corrected chi connectivity index (χ3v) is 2.99. The average molecular weight is 228 g/mol. The molecule has 0 heterocycles. The van der Waals surface area contributed by atoms with Crippen LogP contribution in [0.4, 0.5) is 14.5 Å². The maximum Gasteiger partial charge on any atom is 0.182 e. The van der Waals surface area contributed by atoms with Crippen LogP contribution in [0.5, 0.6) is 0 Å². The largest absolute Gasteiger partial charge is 0.369 e. The molecular formula is C12H18F2N2. The first-order chi connectivity index (χ1) is 7.52. The first-order valence-electron chi connectivity index (χ1n) is 5.42. The van der Waals surface area contributed by atoms with Crippen LogP contribution >= 0.6 is 0 Å². The zero-order valence-electron chi connectivity index (χ0n) is 9.93. The molecule has 1 atom stereocenters. The normalized spacial score (nSPS) is 12.6. The van der Waals surface area contributed by atoms with Gasteiger partial charge in [0.1, 0.15) is 0 Å². The molecule has 2 nitrogen and oxygen atoms in total. The second-order valence-corrected chi connectivity index (χ2v) is 3.94. The number of benzene rings is 1. The lowest BCUT2D eigenvalue weighted by atomic mass is 10.1. The van der Waals surface area contributed by atoms with Crippen LogP contribution in [-0.4, -0.2) is 13.1 Å². The fourth-order valence-electron chi connectivity index (χ4n) is 1.52. The molecule has 0 bridgehead atoms. The minimum absolute atomic E-state index is 0.01000. The summed E-state index contributed by atoms with van der Waals surface area (Å²) in [5.74, 6) is -1.65.